The van der Waals surface area contributed by atoms with Crippen molar-refractivity contribution in [1.82, 2.24) is 5.32 Å². The van der Waals surface area contributed by atoms with Gasteiger partial charge in [-0.1, -0.05) is 0 Å². The van der Waals surface area contributed by atoms with Gasteiger partial charge in [-0.25, -0.2) is 0 Å². The number of carbonyl (C=O) groups is 2. The summed E-state index contributed by atoms with van der Waals surface area (Å²) in [6.45, 7) is 3.82. The van der Waals surface area contributed by atoms with Gasteiger partial charge >= 0.3 is 5.97 Å². The number of carboxylic acid groups (broad SMARTS) is 1. The van der Waals surface area contributed by atoms with Crippen molar-refractivity contribution in [2.24, 2.45) is 5.92 Å². The van der Waals surface area contributed by atoms with Gasteiger partial charge in [0.15, 0.2) is 11.5 Å². The van der Waals surface area contributed by atoms with E-state index in [2.05, 4.69) is 5.32 Å². The van der Waals surface area contributed by atoms with Crippen molar-refractivity contribution in [3.8, 4) is 11.5 Å². The maximum atomic E-state index is 12.2. The number of hydrogen-bond donors (Lipinski definition) is 2. The van der Waals surface area contributed by atoms with Gasteiger partial charge in [0, 0.05) is 11.6 Å². The van der Waals surface area contributed by atoms with Crippen LogP contribution in [0.1, 0.15) is 37.0 Å². The highest BCUT2D eigenvalue weighted by atomic mass is 16.5. The first-order valence-electron chi connectivity index (χ1n) is 7.29. The molecule has 120 valence electrons. The van der Waals surface area contributed by atoms with E-state index in [4.69, 9.17) is 14.6 Å². The quantitative estimate of drug-likeness (QED) is 0.840. The summed E-state index contributed by atoms with van der Waals surface area (Å²) in [6.07, 6.45) is 0.968. The minimum atomic E-state index is -0.803. The third-order valence-electron chi connectivity index (χ3n) is 3.61. The molecule has 0 bridgehead atoms. The summed E-state index contributed by atoms with van der Waals surface area (Å²) in [5, 5.41) is 11.7. The van der Waals surface area contributed by atoms with Crippen molar-refractivity contribution < 1.29 is 24.2 Å². The molecule has 22 heavy (non-hydrogen) atoms. The average Bonchev–Trinajstić information content (AvgIpc) is 2.41. The highest BCUT2D eigenvalue weighted by Crippen LogP contribution is 2.30. The normalized spacial score (nSPS) is 20.2. The maximum absolute atomic E-state index is 12.2. The lowest BCUT2D eigenvalue weighted by Gasteiger charge is -2.32. The zero-order chi connectivity index (χ0) is 16.3. The highest BCUT2D eigenvalue weighted by molar-refractivity contribution is 5.95. The van der Waals surface area contributed by atoms with Crippen molar-refractivity contribution >= 4 is 11.9 Å². The first-order chi connectivity index (χ1) is 10.4. The van der Waals surface area contributed by atoms with Crippen molar-refractivity contribution in [1.29, 1.82) is 0 Å². The van der Waals surface area contributed by atoms with Gasteiger partial charge in [0.2, 0.25) is 0 Å². The fourth-order valence-corrected chi connectivity index (χ4v) is 2.37. The van der Waals surface area contributed by atoms with Gasteiger partial charge in [0.25, 0.3) is 5.91 Å². The second kappa shape index (κ2) is 6.68. The van der Waals surface area contributed by atoms with Crippen LogP contribution in [-0.2, 0) is 4.79 Å². The molecule has 1 amide bonds. The Hall–Kier alpha value is -2.24. The van der Waals surface area contributed by atoms with E-state index in [9.17, 15) is 9.59 Å². The van der Waals surface area contributed by atoms with Crippen LogP contribution in [-0.4, -0.2) is 36.2 Å². The number of carbonyl (C=O) groups excluding carboxylic acids is 1. The fourth-order valence-electron chi connectivity index (χ4n) is 2.37. The predicted octanol–water partition coefficient (Wildman–Crippen LogP) is 2.08. The first-order valence-corrected chi connectivity index (χ1v) is 7.29. The Kier molecular flexibility index (Phi) is 4.90. The maximum Gasteiger partial charge on any atom is 0.306 e. The lowest BCUT2D eigenvalue weighted by atomic mass is 9.80. The molecule has 1 aromatic rings. The lowest BCUT2D eigenvalue weighted by Crippen LogP contribution is -2.46. The molecular weight excluding hydrogens is 286 g/mol. The molecule has 0 aliphatic heterocycles. The monoisotopic (exact) mass is 307 g/mol. The van der Waals surface area contributed by atoms with Crippen molar-refractivity contribution in [3.05, 3.63) is 23.8 Å². The van der Waals surface area contributed by atoms with Crippen molar-refractivity contribution in [2.75, 3.05) is 7.11 Å². The minimum Gasteiger partial charge on any atom is -0.493 e. The molecule has 0 aromatic heterocycles. The van der Waals surface area contributed by atoms with E-state index in [1.165, 1.54) is 7.11 Å². The molecule has 0 radical (unpaired) electrons. The molecule has 6 heteroatoms. The van der Waals surface area contributed by atoms with Crippen LogP contribution in [0.25, 0.3) is 0 Å². The fraction of sp³-hybridized carbons (Fsp3) is 0.500. The Morgan fingerprint density at radius 1 is 1.27 bits per heavy atom. The summed E-state index contributed by atoms with van der Waals surface area (Å²) in [5.41, 5.74) is 0.465. The molecule has 1 aliphatic carbocycles. The average molecular weight is 307 g/mol. The van der Waals surface area contributed by atoms with Crippen LogP contribution in [0, 0.1) is 5.92 Å². The molecule has 0 atom stereocenters. The number of amides is 1. The Morgan fingerprint density at radius 2 is 1.95 bits per heavy atom. The molecule has 0 spiro atoms. The van der Waals surface area contributed by atoms with Crippen molar-refractivity contribution in [2.45, 2.75) is 38.8 Å². The highest BCUT2D eigenvalue weighted by Gasteiger charge is 2.35. The van der Waals surface area contributed by atoms with Crippen LogP contribution in [0.4, 0.5) is 0 Å². The van der Waals surface area contributed by atoms with Gasteiger partial charge in [0.1, 0.15) is 0 Å². The predicted molar refractivity (Wildman–Crippen MR) is 80.4 cm³/mol. The molecule has 0 saturated heterocycles. The van der Waals surface area contributed by atoms with Crippen LogP contribution >= 0.6 is 0 Å². The van der Waals surface area contributed by atoms with Crippen LogP contribution in [0.3, 0.4) is 0 Å². The van der Waals surface area contributed by atoms with E-state index < -0.39 is 5.97 Å². The summed E-state index contributed by atoms with van der Waals surface area (Å²) >= 11 is 0. The van der Waals surface area contributed by atoms with Gasteiger partial charge < -0.3 is 19.9 Å². The number of rotatable bonds is 6. The number of hydrogen-bond acceptors (Lipinski definition) is 4. The van der Waals surface area contributed by atoms with E-state index >= 15 is 0 Å². The van der Waals surface area contributed by atoms with Crippen LogP contribution in [0.5, 0.6) is 11.5 Å². The molecule has 2 N–H and O–H groups in total. The zero-order valence-electron chi connectivity index (χ0n) is 13.0. The SMILES string of the molecule is COc1cc(C(=O)NC2CC(C(=O)O)C2)ccc1OC(C)C. The summed E-state index contributed by atoms with van der Waals surface area (Å²) in [4.78, 5) is 22.9. The topological polar surface area (TPSA) is 84.9 Å². The molecule has 0 unspecified atom stereocenters. The third-order valence-corrected chi connectivity index (χ3v) is 3.61. The molecule has 1 aliphatic rings. The Morgan fingerprint density at radius 3 is 2.50 bits per heavy atom. The summed E-state index contributed by atoms with van der Waals surface area (Å²) in [6, 6.07) is 4.92. The summed E-state index contributed by atoms with van der Waals surface area (Å²) in [7, 11) is 1.52. The number of benzene rings is 1. The molecular formula is C16H21NO5. The number of methoxy groups -OCH3 is 1. The standard InChI is InChI=1S/C16H21NO5/c1-9(2)22-13-5-4-10(8-14(13)21-3)15(18)17-12-6-11(7-12)16(19)20/h4-5,8-9,11-12H,6-7H2,1-3H3,(H,17,18)(H,19,20). The molecule has 2 rings (SSSR count). The van der Waals surface area contributed by atoms with E-state index in [0.29, 0.717) is 29.9 Å². The Labute approximate surface area is 129 Å². The number of ether oxygens (including phenoxy) is 2. The molecule has 1 aromatic carbocycles. The van der Waals surface area contributed by atoms with Crippen LogP contribution in [0.2, 0.25) is 0 Å². The summed E-state index contributed by atoms with van der Waals surface area (Å²) in [5.74, 6) is -0.297. The lowest BCUT2D eigenvalue weighted by molar-refractivity contribution is -0.145. The Bertz CT molecular complexity index is 564. The van der Waals surface area contributed by atoms with Gasteiger partial charge in [0.05, 0.1) is 19.1 Å². The molecule has 0 heterocycles. The number of carboxylic acids is 1. The number of aliphatic carboxylic acids is 1. The van der Waals surface area contributed by atoms with E-state index in [0.717, 1.165) is 0 Å². The third kappa shape index (κ3) is 3.69. The smallest absolute Gasteiger partial charge is 0.306 e. The van der Waals surface area contributed by atoms with Gasteiger partial charge in [-0.3, -0.25) is 9.59 Å². The molecule has 1 fully saturated rings. The second-order valence-electron chi connectivity index (χ2n) is 5.71. The number of nitrogens with one attached hydrogen (secondary N) is 1. The van der Waals surface area contributed by atoms with Gasteiger partial charge in [-0.15, -0.1) is 0 Å². The van der Waals surface area contributed by atoms with Crippen LogP contribution < -0.4 is 14.8 Å². The van der Waals surface area contributed by atoms with Crippen LogP contribution in [0.15, 0.2) is 18.2 Å². The largest absolute Gasteiger partial charge is 0.493 e. The zero-order valence-corrected chi connectivity index (χ0v) is 13.0. The van der Waals surface area contributed by atoms with Crippen molar-refractivity contribution in [3.63, 3.8) is 0 Å². The Balaban J connectivity index is 2.00. The minimum absolute atomic E-state index is 0.0107. The molecule has 1 saturated carbocycles. The first kappa shape index (κ1) is 16.1. The van der Waals surface area contributed by atoms with E-state index in [-0.39, 0.29) is 24.0 Å². The summed E-state index contributed by atoms with van der Waals surface area (Å²) < 4.78 is 10.9. The van der Waals surface area contributed by atoms with E-state index in [1.807, 2.05) is 13.8 Å². The molecule has 6 nitrogen and oxygen atoms in total. The van der Waals surface area contributed by atoms with E-state index in [1.54, 1.807) is 18.2 Å². The van der Waals surface area contributed by atoms with Gasteiger partial charge in [-0.2, -0.15) is 0 Å². The second-order valence-corrected chi connectivity index (χ2v) is 5.71. The van der Waals surface area contributed by atoms with Gasteiger partial charge in [-0.05, 0) is 44.9 Å².